The molecular weight excluding hydrogens is 251 g/mol. The quantitative estimate of drug-likeness (QED) is 0.770. The predicted molar refractivity (Wildman–Crippen MR) is 80.8 cm³/mol. The molecule has 1 aromatic carbocycles. The van der Waals surface area contributed by atoms with Gasteiger partial charge >= 0.3 is 7.12 Å². The van der Waals surface area contributed by atoms with Crippen molar-refractivity contribution in [2.24, 2.45) is 5.10 Å². The molecule has 2 aliphatic rings. The zero-order valence-electron chi connectivity index (χ0n) is 12.3. The van der Waals surface area contributed by atoms with E-state index in [9.17, 15) is 0 Å². The molecular formula is C15H18BN2O2. The van der Waals surface area contributed by atoms with Gasteiger partial charge in [-0.05, 0) is 38.7 Å². The molecule has 1 saturated heterocycles. The highest BCUT2D eigenvalue weighted by molar-refractivity contribution is 6.62. The van der Waals surface area contributed by atoms with Gasteiger partial charge in [-0.1, -0.05) is 24.3 Å². The van der Waals surface area contributed by atoms with Crippen LogP contribution in [0.15, 0.2) is 35.6 Å². The van der Waals surface area contributed by atoms with E-state index in [-0.39, 0.29) is 18.3 Å². The third-order valence-electron chi connectivity index (χ3n) is 4.23. The van der Waals surface area contributed by atoms with Gasteiger partial charge in [-0.3, -0.25) is 0 Å². The Kier molecular flexibility index (Phi) is 2.99. The summed E-state index contributed by atoms with van der Waals surface area (Å²) in [5.41, 5.74) is 6.36. The van der Waals surface area contributed by atoms with E-state index in [0.717, 1.165) is 16.6 Å². The maximum absolute atomic E-state index is 6.03. The van der Waals surface area contributed by atoms with Gasteiger partial charge in [-0.25, -0.2) is 0 Å². The fraction of sp³-hybridized carbons (Fsp3) is 0.400. The first kappa shape index (κ1) is 13.4. The Labute approximate surface area is 120 Å². The minimum atomic E-state index is -0.315. The van der Waals surface area contributed by atoms with Crippen LogP contribution in [-0.4, -0.2) is 24.5 Å². The van der Waals surface area contributed by atoms with Crippen molar-refractivity contribution >= 4 is 24.4 Å². The molecule has 0 bridgehead atoms. The molecule has 103 valence electrons. The molecule has 3 rings (SSSR count). The van der Waals surface area contributed by atoms with Crippen LogP contribution < -0.4 is 10.9 Å². The lowest BCUT2D eigenvalue weighted by molar-refractivity contribution is 0.00578. The van der Waals surface area contributed by atoms with Crippen molar-refractivity contribution in [3.63, 3.8) is 0 Å². The Morgan fingerprint density at radius 3 is 2.05 bits per heavy atom. The van der Waals surface area contributed by atoms with Crippen LogP contribution in [0.5, 0.6) is 0 Å². The lowest BCUT2D eigenvalue weighted by atomic mass is 9.78. The molecule has 0 N–H and O–H groups in total. The molecule has 2 heterocycles. The van der Waals surface area contributed by atoms with Crippen LogP contribution >= 0.6 is 0 Å². The van der Waals surface area contributed by atoms with Crippen molar-refractivity contribution in [2.45, 2.75) is 38.9 Å². The normalized spacial score (nSPS) is 22.8. The van der Waals surface area contributed by atoms with Gasteiger partial charge in [0.25, 0.3) is 0 Å². The van der Waals surface area contributed by atoms with Crippen molar-refractivity contribution < 1.29 is 9.31 Å². The molecule has 2 aliphatic heterocycles. The summed E-state index contributed by atoms with van der Waals surface area (Å²) in [6.45, 7) is 8.23. The van der Waals surface area contributed by atoms with Crippen LogP contribution in [0.4, 0.5) is 0 Å². The van der Waals surface area contributed by atoms with Crippen molar-refractivity contribution in [1.82, 2.24) is 5.43 Å². The lowest BCUT2D eigenvalue weighted by Gasteiger charge is -2.32. The number of hydrogen-bond donors (Lipinski definition) is 0. The van der Waals surface area contributed by atoms with Crippen LogP contribution in [-0.2, 0) is 9.31 Å². The molecule has 1 aromatic rings. The number of nitrogens with zero attached hydrogens (tertiary/aromatic N) is 2. The summed E-state index contributed by atoms with van der Waals surface area (Å²) >= 11 is 0. The van der Waals surface area contributed by atoms with Gasteiger partial charge in [0, 0.05) is 5.57 Å². The Morgan fingerprint density at radius 1 is 0.950 bits per heavy atom. The van der Waals surface area contributed by atoms with Crippen LogP contribution in [0.2, 0.25) is 0 Å². The van der Waals surface area contributed by atoms with E-state index in [4.69, 9.17) is 9.31 Å². The van der Waals surface area contributed by atoms with Crippen LogP contribution in [0, 0.1) is 0 Å². The maximum Gasteiger partial charge on any atom is 0.494 e. The van der Waals surface area contributed by atoms with E-state index in [1.165, 1.54) is 0 Å². The van der Waals surface area contributed by atoms with E-state index in [1.54, 1.807) is 12.4 Å². The van der Waals surface area contributed by atoms with E-state index in [1.807, 2.05) is 24.3 Å². The van der Waals surface area contributed by atoms with Gasteiger partial charge in [0.1, 0.15) is 0 Å². The minimum Gasteiger partial charge on any atom is -0.399 e. The monoisotopic (exact) mass is 269 g/mol. The van der Waals surface area contributed by atoms with E-state index >= 15 is 0 Å². The van der Waals surface area contributed by atoms with Gasteiger partial charge in [0.05, 0.1) is 23.6 Å². The summed E-state index contributed by atoms with van der Waals surface area (Å²) in [6.07, 6.45) is 3.51. The molecule has 1 fully saturated rings. The molecule has 0 atom stereocenters. The van der Waals surface area contributed by atoms with Crippen molar-refractivity contribution in [3.05, 3.63) is 36.0 Å². The molecule has 5 heteroatoms. The Balaban J connectivity index is 1.81. The Hall–Kier alpha value is -1.59. The SMILES string of the molecule is CC1(C)OB(c2ccc(C3=C[N]N=C3)cc2)OC1(C)C. The number of hydrogen-bond acceptors (Lipinski definition) is 3. The summed E-state index contributed by atoms with van der Waals surface area (Å²) in [7, 11) is -0.315. The van der Waals surface area contributed by atoms with Gasteiger partial charge in [0.15, 0.2) is 0 Å². The lowest BCUT2D eigenvalue weighted by Crippen LogP contribution is -2.41. The van der Waals surface area contributed by atoms with Gasteiger partial charge in [-0.2, -0.15) is 10.5 Å². The molecule has 1 radical (unpaired) electrons. The second-order valence-corrected chi connectivity index (χ2v) is 6.15. The zero-order valence-corrected chi connectivity index (χ0v) is 12.3. The van der Waals surface area contributed by atoms with Crippen LogP contribution in [0.1, 0.15) is 33.3 Å². The van der Waals surface area contributed by atoms with Crippen LogP contribution in [0.25, 0.3) is 5.57 Å². The van der Waals surface area contributed by atoms with Gasteiger partial charge in [0.2, 0.25) is 0 Å². The molecule has 4 nitrogen and oxygen atoms in total. The van der Waals surface area contributed by atoms with Crippen molar-refractivity contribution in [1.29, 1.82) is 0 Å². The van der Waals surface area contributed by atoms with Crippen LogP contribution in [0.3, 0.4) is 0 Å². The molecule has 0 aliphatic carbocycles. The largest absolute Gasteiger partial charge is 0.494 e. The molecule has 0 saturated carbocycles. The topological polar surface area (TPSA) is 44.9 Å². The third-order valence-corrected chi connectivity index (χ3v) is 4.23. The van der Waals surface area contributed by atoms with E-state index in [0.29, 0.717) is 0 Å². The average molecular weight is 269 g/mol. The second-order valence-electron chi connectivity index (χ2n) is 6.15. The summed E-state index contributed by atoms with van der Waals surface area (Å²) in [5, 5.41) is 3.84. The highest BCUT2D eigenvalue weighted by atomic mass is 16.7. The van der Waals surface area contributed by atoms with Crippen molar-refractivity contribution in [2.75, 3.05) is 0 Å². The molecule has 0 amide bonds. The Bertz CT molecular complexity index is 560. The number of allylic oxidation sites excluding steroid dienone is 1. The molecule has 0 unspecified atom stereocenters. The average Bonchev–Trinajstić information content (AvgIpc) is 2.97. The number of rotatable bonds is 2. The smallest absolute Gasteiger partial charge is 0.399 e. The number of benzene rings is 1. The van der Waals surface area contributed by atoms with Gasteiger partial charge in [-0.15, -0.1) is 0 Å². The van der Waals surface area contributed by atoms with Crippen molar-refractivity contribution in [3.8, 4) is 0 Å². The van der Waals surface area contributed by atoms with E-state index < -0.39 is 0 Å². The third kappa shape index (κ3) is 2.17. The minimum absolute atomic E-state index is 0.310. The molecule has 0 aromatic heterocycles. The standard InChI is InChI=1S/C15H18BN2O2/c1-14(2)15(3,4)20-16(19-14)13-7-5-11(6-8-13)12-9-17-18-10-12/h5-10H,1-4H3. The first-order valence-corrected chi connectivity index (χ1v) is 6.78. The molecule has 20 heavy (non-hydrogen) atoms. The fourth-order valence-electron chi connectivity index (χ4n) is 2.19. The highest BCUT2D eigenvalue weighted by Crippen LogP contribution is 2.36. The first-order valence-electron chi connectivity index (χ1n) is 6.78. The van der Waals surface area contributed by atoms with E-state index in [2.05, 4.69) is 38.2 Å². The molecule has 0 spiro atoms. The maximum atomic E-state index is 6.03. The summed E-state index contributed by atoms with van der Waals surface area (Å²) in [5.74, 6) is 0. The second kappa shape index (κ2) is 4.47. The fourth-order valence-corrected chi connectivity index (χ4v) is 2.19. The van der Waals surface area contributed by atoms with Gasteiger partial charge < -0.3 is 9.31 Å². The Morgan fingerprint density at radius 2 is 1.55 bits per heavy atom. The summed E-state index contributed by atoms with van der Waals surface area (Å²) in [6, 6.07) is 8.15. The summed E-state index contributed by atoms with van der Waals surface area (Å²) in [4.78, 5) is 0. The first-order chi connectivity index (χ1) is 9.39. The zero-order chi connectivity index (χ0) is 14.4. The summed E-state index contributed by atoms with van der Waals surface area (Å²) < 4.78 is 12.1. The highest BCUT2D eigenvalue weighted by Gasteiger charge is 2.51. The predicted octanol–water partition coefficient (Wildman–Crippen LogP) is 1.93.